The van der Waals surface area contributed by atoms with Crippen molar-refractivity contribution >= 4 is 11.6 Å². The van der Waals surface area contributed by atoms with E-state index in [0.29, 0.717) is 28.1 Å². The molecular formula is C28H29NO8. The third-order valence-corrected chi connectivity index (χ3v) is 8.01. The number of benzene rings is 3. The van der Waals surface area contributed by atoms with E-state index in [9.17, 15) is 35.4 Å². The van der Waals surface area contributed by atoms with Crippen molar-refractivity contribution in [3.63, 3.8) is 0 Å². The van der Waals surface area contributed by atoms with Crippen molar-refractivity contribution in [3.05, 3.63) is 95.6 Å². The van der Waals surface area contributed by atoms with E-state index in [1.54, 1.807) is 48.5 Å². The number of amides is 1. The Balaban J connectivity index is 1.46. The summed E-state index contributed by atoms with van der Waals surface area (Å²) in [4.78, 5) is 12.6. The highest BCUT2D eigenvalue weighted by Gasteiger charge is 2.93. The molecule has 3 aromatic rings. The lowest BCUT2D eigenvalue weighted by molar-refractivity contribution is -0.459. The number of fused-ring (bicyclic) bond motifs is 1. The second-order valence-corrected chi connectivity index (χ2v) is 9.69. The Morgan fingerprint density at radius 2 is 1.54 bits per heavy atom. The molecule has 7 atom stereocenters. The van der Waals surface area contributed by atoms with Crippen molar-refractivity contribution in [2.45, 2.75) is 40.8 Å². The average Bonchev–Trinajstić information content (AvgIpc) is 2.93. The SMILES string of the molecule is COc1ccc(C2[C@]3(O)C(O)C(c4ccc(C(=O)Nc5ccccc5)cc4)[C@]3(O)[C@]2(O)[C@H](O)CO)cc1. The van der Waals surface area contributed by atoms with Crippen LogP contribution in [0.1, 0.15) is 33.3 Å². The number of rotatable bonds is 7. The summed E-state index contributed by atoms with van der Waals surface area (Å²) in [6.07, 6.45) is -3.34. The molecular weight excluding hydrogens is 478 g/mol. The van der Waals surface area contributed by atoms with E-state index >= 15 is 0 Å². The normalized spacial score (nSPS) is 32.9. The predicted molar refractivity (Wildman–Crippen MR) is 133 cm³/mol. The quantitative estimate of drug-likeness (QED) is 0.247. The van der Waals surface area contributed by atoms with E-state index in [1.807, 2.05) is 6.07 Å². The first kappa shape index (κ1) is 25.3. The van der Waals surface area contributed by atoms with Crippen LogP contribution < -0.4 is 10.1 Å². The highest BCUT2D eigenvalue weighted by Crippen LogP contribution is 2.75. The number of hydrogen-bond donors (Lipinski definition) is 7. The molecule has 0 bridgehead atoms. The summed E-state index contributed by atoms with van der Waals surface area (Å²) in [5.41, 5.74) is -5.37. The molecule has 7 N–H and O–H groups in total. The van der Waals surface area contributed by atoms with Crippen LogP contribution in [0.5, 0.6) is 5.75 Å². The first-order chi connectivity index (χ1) is 17.6. The second kappa shape index (κ2) is 8.91. The van der Waals surface area contributed by atoms with E-state index in [4.69, 9.17) is 4.74 Å². The van der Waals surface area contributed by atoms with Crippen LogP contribution in [-0.2, 0) is 0 Å². The maximum atomic E-state index is 12.6. The minimum atomic E-state index is -2.39. The van der Waals surface area contributed by atoms with Gasteiger partial charge in [0, 0.05) is 17.2 Å². The summed E-state index contributed by atoms with van der Waals surface area (Å²) in [5.74, 6) is -2.36. The fourth-order valence-electron chi connectivity index (χ4n) is 6.18. The van der Waals surface area contributed by atoms with Crippen molar-refractivity contribution in [1.82, 2.24) is 0 Å². The highest BCUT2D eigenvalue weighted by molar-refractivity contribution is 6.04. The fraction of sp³-hybridized carbons (Fsp3) is 0.321. The minimum Gasteiger partial charge on any atom is -0.497 e. The van der Waals surface area contributed by atoms with E-state index < -0.39 is 47.5 Å². The van der Waals surface area contributed by atoms with Gasteiger partial charge in [0.05, 0.1) is 25.7 Å². The summed E-state index contributed by atoms with van der Waals surface area (Å²) in [5, 5.41) is 69.1. The largest absolute Gasteiger partial charge is 0.497 e. The number of anilines is 1. The Bertz CT molecular complexity index is 1280. The minimum absolute atomic E-state index is 0.319. The molecule has 2 aliphatic rings. The Hall–Kier alpha value is -3.31. The molecule has 0 spiro atoms. The van der Waals surface area contributed by atoms with Crippen LogP contribution >= 0.6 is 0 Å². The molecule has 0 saturated heterocycles. The molecule has 9 nitrogen and oxygen atoms in total. The Morgan fingerprint density at radius 3 is 2.11 bits per heavy atom. The van der Waals surface area contributed by atoms with E-state index in [-0.39, 0.29) is 5.91 Å². The van der Waals surface area contributed by atoms with Gasteiger partial charge in [-0.2, -0.15) is 0 Å². The molecule has 2 aliphatic carbocycles. The zero-order valence-corrected chi connectivity index (χ0v) is 20.0. The number of para-hydroxylation sites is 1. The summed E-state index contributed by atoms with van der Waals surface area (Å²) in [6, 6.07) is 21.2. The zero-order chi connectivity index (χ0) is 26.6. The molecule has 0 aromatic heterocycles. The fourth-order valence-corrected chi connectivity index (χ4v) is 6.18. The number of ether oxygens (including phenoxy) is 1. The standard InChI is InChI=1S/C28H29NO8/c1-37-20-13-11-17(12-14-20)23-26(34,21(31)15-30)28(36)22(24(32)27(23,28)35)16-7-9-18(10-8-16)25(33)29-19-5-3-2-4-6-19/h2-14,21-24,30-32,34-36H,15H2,1H3,(H,29,33)/t21-,22?,23?,24?,26+,27+,28+/m1/s1. The van der Waals surface area contributed by atoms with Gasteiger partial charge in [-0.3, -0.25) is 4.79 Å². The lowest BCUT2D eigenvalue weighted by atomic mass is 9.30. The summed E-state index contributed by atoms with van der Waals surface area (Å²) < 4.78 is 5.14. The van der Waals surface area contributed by atoms with Gasteiger partial charge in [0.15, 0.2) is 0 Å². The molecule has 0 heterocycles. The maximum Gasteiger partial charge on any atom is 0.255 e. The molecule has 9 heteroatoms. The predicted octanol–water partition coefficient (Wildman–Crippen LogP) is 0.749. The molecule has 3 aromatic carbocycles. The first-order valence-electron chi connectivity index (χ1n) is 11.9. The van der Waals surface area contributed by atoms with Crippen LogP contribution in [0, 0.1) is 0 Å². The summed E-state index contributed by atoms with van der Waals surface area (Å²) >= 11 is 0. The molecule has 5 rings (SSSR count). The number of carbonyl (C=O) groups is 1. The van der Waals surface area contributed by atoms with Gasteiger partial charge in [0.1, 0.15) is 28.7 Å². The zero-order valence-electron chi connectivity index (χ0n) is 20.0. The van der Waals surface area contributed by atoms with Crippen LogP contribution in [0.3, 0.4) is 0 Å². The van der Waals surface area contributed by atoms with E-state index in [0.717, 1.165) is 0 Å². The van der Waals surface area contributed by atoms with Gasteiger partial charge in [-0.15, -0.1) is 0 Å². The van der Waals surface area contributed by atoms with Crippen LogP contribution in [0.2, 0.25) is 0 Å². The Morgan fingerprint density at radius 1 is 0.946 bits per heavy atom. The molecule has 3 unspecified atom stereocenters. The van der Waals surface area contributed by atoms with E-state index in [1.165, 1.54) is 31.4 Å². The van der Waals surface area contributed by atoms with Gasteiger partial charge in [-0.05, 0) is 47.5 Å². The molecule has 2 saturated carbocycles. The molecule has 2 fully saturated rings. The van der Waals surface area contributed by atoms with E-state index in [2.05, 4.69) is 5.32 Å². The number of hydrogen-bond acceptors (Lipinski definition) is 8. The van der Waals surface area contributed by atoms with Crippen LogP contribution in [-0.4, -0.2) is 79.3 Å². The van der Waals surface area contributed by atoms with Crippen molar-refractivity contribution in [1.29, 1.82) is 0 Å². The molecule has 194 valence electrons. The molecule has 0 radical (unpaired) electrons. The van der Waals surface area contributed by atoms with Gasteiger partial charge in [0.25, 0.3) is 5.91 Å². The second-order valence-electron chi connectivity index (χ2n) is 9.69. The van der Waals surface area contributed by atoms with Crippen molar-refractivity contribution in [2.75, 3.05) is 19.0 Å². The number of aliphatic hydroxyl groups is 6. The third-order valence-electron chi connectivity index (χ3n) is 8.01. The number of carbonyl (C=O) groups excluding carboxylic acids is 1. The Labute approximate surface area is 213 Å². The van der Waals surface area contributed by atoms with Gasteiger partial charge >= 0.3 is 0 Å². The van der Waals surface area contributed by atoms with Crippen LogP contribution in [0.25, 0.3) is 0 Å². The summed E-state index contributed by atoms with van der Waals surface area (Å²) in [6.45, 7) is -0.886. The van der Waals surface area contributed by atoms with Crippen molar-refractivity contribution in [3.8, 4) is 5.75 Å². The lowest BCUT2D eigenvalue weighted by Gasteiger charge is -2.80. The van der Waals surface area contributed by atoms with Gasteiger partial charge in [-0.1, -0.05) is 42.5 Å². The molecule has 37 heavy (non-hydrogen) atoms. The molecule has 1 amide bonds. The van der Waals surface area contributed by atoms with Gasteiger partial charge < -0.3 is 40.7 Å². The first-order valence-corrected chi connectivity index (χ1v) is 11.9. The topological polar surface area (TPSA) is 160 Å². The van der Waals surface area contributed by atoms with Crippen LogP contribution in [0.4, 0.5) is 5.69 Å². The molecule has 0 aliphatic heterocycles. The van der Waals surface area contributed by atoms with Crippen LogP contribution in [0.15, 0.2) is 78.9 Å². The summed E-state index contributed by atoms with van der Waals surface area (Å²) in [7, 11) is 1.48. The van der Waals surface area contributed by atoms with Crippen molar-refractivity contribution < 1.29 is 40.2 Å². The maximum absolute atomic E-state index is 12.6. The smallest absolute Gasteiger partial charge is 0.255 e. The lowest BCUT2D eigenvalue weighted by Crippen LogP contribution is -2.99. The van der Waals surface area contributed by atoms with Crippen molar-refractivity contribution in [2.24, 2.45) is 0 Å². The number of nitrogens with one attached hydrogen (secondary N) is 1. The Kier molecular flexibility index (Phi) is 6.11. The number of methoxy groups -OCH3 is 1. The highest BCUT2D eigenvalue weighted by atomic mass is 16.5. The van der Waals surface area contributed by atoms with Gasteiger partial charge in [0.2, 0.25) is 0 Å². The average molecular weight is 508 g/mol. The number of aliphatic hydroxyl groups excluding tert-OH is 3. The monoisotopic (exact) mass is 507 g/mol. The van der Waals surface area contributed by atoms with Gasteiger partial charge in [-0.25, -0.2) is 0 Å². The third kappa shape index (κ3) is 3.29.